The lowest BCUT2D eigenvalue weighted by molar-refractivity contribution is -0.180. The summed E-state index contributed by atoms with van der Waals surface area (Å²) in [6, 6.07) is 8.05. The van der Waals surface area contributed by atoms with Gasteiger partial charge in [0.2, 0.25) is 0 Å². The minimum atomic E-state index is -3.02. The first-order valence-corrected chi connectivity index (χ1v) is 12.3. The van der Waals surface area contributed by atoms with Gasteiger partial charge in [0.05, 0.1) is 22.9 Å². The van der Waals surface area contributed by atoms with E-state index in [4.69, 9.17) is 9.84 Å². The predicted octanol–water partition coefficient (Wildman–Crippen LogP) is 3.45. The van der Waals surface area contributed by atoms with Crippen LogP contribution in [0.3, 0.4) is 0 Å². The number of benzene rings is 1. The third kappa shape index (κ3) is 3.42. The van der Waals surface area contributed by atoms with Crippen molar-refractivity contribution in [1.82, 2.24) is 24.9 Å². The third-order valence-electron chi connectivity index (χ3n) is 7.78. The van der Waals surface area contributed by atoms with E-state index in [9.17, 15) is 23.8 Å². The molecule has 1 amide bonds. The molecular weight excluding hydrogens is 496 g/mol. The zero-order chi connectivity index (χ0) is 26.4. The Hall–Kier alpha value is -3.96. The Kier molecular flexibility index (Phi) is 4.74. The van der Waals surface area contributed by atoms with E-state index in [0.29, 0.717) is 23.2 Å². The van der Waals surface area contributed by atoms with Gasteiger partial charge in [0.15, 0.2) is 5.82 Å². The van der Waals surface area contributed by atoms with E-state index in [0.717, 1.165) is 22.2 Å². The van der Waals surface area contributed by atoms with E-state index >= 15 is 0 Å². The van der Waals surface area contributed by atoms with Crippen LogP contribution in [-0.2, 0) is 5.60 Å². The SMILES string of the molecule is CC1(O)CC(O)(c2ncc(-c3ccn4nc5c(c4c3)[C@@H]3C[C@H]5NC(=O)c4cccc(OC(F)F)c43)cn2)C1. The van der Waals surface area contributed by atoms with Crippen molar-refractivity contribution >= 4 is 11.4 Å². The van der Waals surface area contributed by atoms with Crippen molar-refractivity contribution in [3.8, 4) is 16.9 Å². The maximum absolute atomic E-state index is 13.2. The number of pyridine rings is 1. The fourth-order valence-electron chi connectivity index (χ4n) is 6.35. The fourth-order valence-corrected chi connectivity index (χ4v) is 6.35. The number of hydrogen-bond donors (Lipinski definition) is 3. The first-order valence-electron chi connectivity index (χ1n) is 12.3. The van der Waals surface area contributed by atoms with Crippen LogP contribution in [0, 0.1) is 0 Å². The van der Waals surface area contributed by atoms with Gasteiger partial charge in [-0.25, -0.2) is 14.5 Å². The molecule has 9 nitrogen and oxygen atoms in total. The Morgan fingerprint density at radius 2 is 1.89 bits per heavy atom. The van der Waals surface area contributed by atoms with E-state index in [2.05, 4.69) is 15.3 Å². The molecule has 2 atom stereocenters. The Morgan fingerprint density at radius 1 is 1.13 bits per heavy atom. The number of carbonyl (C=O) groups is 1. The zero-order valence-electron chi connectivity index (χ0n) is 20.2. The lowest BCUT2D eigenvalue weighted by Gasteiger charge is -2.46. The molecule has 0 spiro atoms. The third-order valence-corrected chi connectivity index (χ3v) is 7.78. The maximum Gasteiger partial charge on any atom is 0.387 e. The molecule has 4 aromatic rings. The van der Waals surface area contributed by atoms with Crippen LogP contribution in [0.4, 0.5) is 8.78 Å². The molecule has 3 N–H and O–H groups in total. The zero-order valence-corrected chi connectivity index (χ0v) is 20.2. The topological polar surface area (TPSA) is 122 Å². The number of ether oxygens (including phenoxy) is 1. The molecule has 1 fully saturated rings. The van der Waals surface area contributed by atoms with Gasteiger partial charge in [-0.3, -0.25) is 4.79 Å². The van der Waals surface area contributed by atoms with Crippen molar-refractivity contribution < 1.29 is 28.5 Å². The van der Waals surface area contributed by atoms with E-state index in [1.807, 2.05) is 12.1 Å². The molecule has 7 rings (SSSR count). The number of alkyl halides is 2. The van der Waals surface area contributed by atoms with Crippen molar-refractivity contribution in [3.05, 3.63) is 77.1 Å². The number of nitrogens with one attached hydrogen (secondary N) is 1. The van der Waals surface area contributed by atoms with Crippen LogP contribution in [0.2, 0.25) is 0 Å². The summed E-state index contributed by atoms with van der Waals surface area (Å²) in [6.07, 6.45) is 5.88. The van der Waals surface area contributed by atoms with Crippen molar-refractivity contribution in [2.24, 2.45) is 0 Å². The van der Waals surface area contributed by atoms with E-state index < -0.39 is 17.8 Å². The van der Waals surface area contributed by atoms with Crippen LogP contribution in [0.5, 0.6) is 5.75 Å². The summed E-state index contributed by atoms with van der Waals surface area (Å²) >= 11 is 0. The Bertz CT molecular complexity index is 1610. The highest BCUT2D eigenvalue weighted by Crippen LogP contribution is 2.51. The number of aromatic nitrogens is 4. The summed E-state index contributed by atoms with van der Waals surface area (Å²) in [5.74, 6) is -0.463. The molecule has 38 heavy (non-hydrogen) atoms. The normalized spacial score (nSPS) is 27.5. The summed E-state index contributed by atoms with van der Waals surface area (Å²) in [5, 5.41) is 28.4. The summed E-state index contributed by atoms with van der Waals surface area (Å²) in [7, 11) is 0. The highest BCUT2D eigenvalue weighted by molar-refractivity contribution is 5.98. The van der Waals surface area contributed by atoms with Crippen LogP contribution in [0.1, 0.15) is 71.1 Å². The second kappa shape index (κ2) is 7.78. The molecule has 3 aromatic heterocycles. The summed E-state index contributed by atoms with van der Waals surface area (Å²) in [6.45, 7) is -1.36. The van der Waals surface area contributed by atoms with Gasteiger partial charge in [0.1, 0.15) is 11.4 Å². The van der Waals surface area contributed by atoms with Gasteiger partial charge in [-0.1, -0.05) is 6.07 Å². The lowest BCUT2D eigenvalue weighted by atomic mass is 9.68. The van der Waals surface area contributed by atoms with Crippen LogP contribution >= 0.6 is 0 Å². The number of rotatable bonds is 4. The highest BCUT2D eigenvalue weighted by Gasteiger charge is 2.53. The van der Waals surface area contributed by atoms with Crippen LogP contribution in [-0.4, -0.2) is 47.9 Å². The Balaban J connectivity index is 1.31. The largest absolute Gasteiger partial charge is 0.434 e. The van der Waals surface area contributed by atoms with E-state index in [-0.39, 0.29) is 42.3 Å². The monoisotopic (exact) mass is 519 g/mol. The van der Waals surface area contributed by atoms with Crippen molar-refractivity contribution in [2.75, 3.05) is 0 Å². The number of fused-ring (bicyclic) bond motifs is 9. The molecule has 2 aliphatic carbocycles. The van der Waals surface area contributed by atoms with E-state index in [1.165, 1.54) is 12.1 Å². The van der Waals surface area contributed by atoms with Gasteiger partial charge in [0, 0.05) is 59.6 Å². The molecule has 2 bridgehead atoms. The van der Waals surface area contributed by atoms with Gasteiger partial charge in [-0.2, -0.15) is 13.9 Å². The molecule has 0 unspecified atom stereocenters. The van der Waals surface area contributed by atoms with Crippen LogP contribution in [0.15, 0.2) is 48.9 Å². The fraction of sp³-hybridized carbons (Fsp3) is 0.333. The number of nitrogens with zero attached hydrogens (tertiary/aromatic N) is 4. The van der Waals surface area contributed by atoms with Crippen molar-refractivity contribution in [2.45, 2.75) is 56.0 Å². The summed E-state index contributed by atoms with van der Waals surface area (Å²) < 4.78 is 33.0. The average Bonchev–Trinajstić information content (AvgIpc) is 3.34. The summed E-state index contributed by atoms with van der Waals surface area (Å²) in [4.78, 5) is 21.7. The quantitative estimate of drug-likeness (QED) is 0.378. The molecule has 4 heterocycles. The Labute approximate surface area is 215 Å². The predicted molar refractivity (Wildman–Crippen MR) is 130 cm³/mol. The molecule has 0 saturated heterocycles. The van der Waals surface area contributed by atoms with Crippen LogP contribution < -0.4 is 10.1 Å². The molecular formula is C27H23F2N5O4. The molecule has 194 valence electrons. The van der Waals surface area contributed by atoms with Gasteiger partial charge in [-0.15, -0.1) is 0 Å². The average molecular weight is 520 g/mol. The van der Waals surface area contributed by atoms with Gasteiger partial charge in [0.25, 0.3) is 5.91 Å². The maximum atomic E-state index is 13.2. The molecule has 0 radical (unpaired) electrons. The standard InChI is InChI=1S/C27H23F2N5O4/c1-26(36)11-27(37,12-26)24-30-9-14(10-31-24)13-5-6-34-18(7-13)21-16-8-17(22(21)33-34)32-23(35)15-3-2-4-19(20(15)16)38-25(28)29/h2-7,9-10,16-17,25,36-37H,8,11-12H2,1H3,(H,32,35)/t16-,17-,26?,27?/m1/s1. The summed E-state index contributed by atoms with van der Waals surface area (Å²) in [5.41, 5.74) is 2.42. The van der Waals surface area contributed by atoms with Crippen molar-refractivity contribution in [1.29, 1.82) is 0 Å². The van der Waals surface area contributed by atoms with Crippen molar-refractivity contribution in [3.63, 3.8) is 0 Å². The first-order chi connectivity index (χ1) is 18.1. The van der Waals surface area contributed by atoms with Gasteiger partial charge >= 0.3 is 6.61 Å². The number of aliphatic hydroxyl groups is 2. The number of amides is 1. The molecule has 1 saturated carbocycles. The molecule has 1 aliphatic heterocycles. The second-order valence-electron chi connectivity index (χ2n) is 10.6. The lowest BCUT2D eigenvalue weighted by Crippen LogP contribution is -2.53. The van der Waals surface area contributed by atoms with Crippen LogP contribution in [0.25, 0.3) is 16.6 Å². The number of halogens is 2. The van der Waals surface area contributed by atoms with E-state index in [1.54, 1.807) is 36.1 Å². The minimum absolute atomic E-state index is 0.0152. The number of carbonyl (C=O) groups excluding carboxylic acids is 1. The Morgan fingerprint density at radius 3 is 2.61 bits per heavy atom. The second-order valence-corrected chi connectivity index (χ2v) is 10.6. The van der Waals surface area contributed by atoms with Gasteiger partial charge < -0.3 is 20.3 Å². The molecule has 1 aromatic carbocycles. The molecule has 3 aliphatic rings. The first kappa shape index (κ1) is 23.2. The smallest absolute Gasteiger partial charge is 0.387 e. The molecule has 11 heteroatoms. The highest BCUT2D eigenvalue weighted by atomic mass is 19.3. The van der Waals surface area contributed by atoms with Gasteiger partial charge in [-0.05, 0) is 43.2 Å². The number of hydrogen-bond acceptors (Lipinski definition) is 7. The minimum Gasteiger partial charge on any atom is -0.434 e.